The van der Waals surface area contributed by atoms with Crippen molar-refractivity contribution in [3.63, 3.8) is 0 Å². The number of benzene rings is 1. The Bertz CT molecular complexity index is 1100. The number of carbonyl (C=O) groups is 2. The molecule has 33 heavy (non-hydrogen) atoms. The van der Waals surface area contributed by atoms with Gasteiger partial charge in [-0.05, 0) is 35.4 Å². The van der Waals surface area contributed by atoms with Crippen LogP contribution in [0.2, 0.25) is 0 Å². The minimum atomic E-state index is 0.0259. The molecule has 4 heterocycles. The summed E-state index contributed by atoms with van der Waals surface area (Å²) in [7, 11) is 0. The van der Waals surface area contributed by atoms with Crippen LogP contribution < -0.4 is 5.32 Å². The molecular weight excluding hydrogens is 452 g/mol. The number of thioether (sulfide) groups is 1. The molecule has 2 aromatic heterocycles. The Balaban J connectivity index is 1.21. The van der Waals surface area contributed by atoms with Crippen LogP contribution in [0.3, 0.4) is 0 Å². The molecule has 2 aliphatic heterocycles. The smallest absolute Gasteiger partial charge is 0.257 e. The number of amides is 2. The monoisotopic (exact) mass is 480 g/mol. The SMILES string of the molecule is O=C(CN1CCN(C(=O)c2c(-n3cccc3)sc3c2CCSC3)CC1)NCc1ccccc1. The minimum absolute atomic E-state index is 0.0259. The van der Waals surface area contributed by atoms with Gasteiger partial charge in [0.1, 0.15) is 5.00 Å². The molecule has 1 N–H and O–H groups in total. The van der Waals surface area contributed by atoms with Gasteiger partial charge in [-0.15, -0.1) is 11.3 Å². The zero-order valence-corrected chi connectivity index (χ0v) is 20.2. The third kappa shape index (κ3) is 5.03. The van der Waals surface area contributed by atoms with E-state index in [2.05, 4.69) is 14.8 Å². The Labute approximate surface area is 202 Å². The van der Waals surface area contributed by atoms with E-state index in [1.165, 1.54) is 10.4 Å². The van der Waals surface area contributed by atoms with Crippen molar-refractivity contribution in [3.8, 4) is 5.00 Å². The van der Waals surface area contributed by atoms with Crippen LogP contribution in [0, 0.1) is 0 Å². The normalized spacial score (nSPS) is 16.4. The van der Waals surface area contributed by atoms with E-state index in [0.717, 1.165) is 34.1 Å². The van der Waals surface area contributed by atoms with Crippen molar-refractivity contribution in [2.45, 2.75) is 18.7 Å². The molecule has 3 aromatic rings. The van der Waals surface area contributed by atoms with Crippen LogP contribution in [0.5, 0.6) is 0 Å². The first kappa shape index (κ1) is 22.3. The molecule has 0 bridgehead atoms. The Kier molecular flexibility index (Phi) is 6.85. The maximum atomic E-state index is 13.7. The predicted octanol–water partition coefficient (Wildman–Crippen LogP) is 3.40. The van der Waals surface area contributed by atoms with Gasteiger partial charge in [-0.2, -0.15) is 11.8 Å². The van der Waals surface area contributed by atoms with Crippen molar-refractivity contribution >= 4 is 34.9 Å². The minimum Gasteiger partial charge on any atom is -0.351 e. The van der Waals surface area contributed by atoms with Crippen molar-refractivity contribution in [2.75, 3.05) is 38.5 Å². The van der Waals surface area contributed by atoms with E-state index < -0.39 is 0 Å². The third-order valence-corrected chi connectivity index (χ3v) is 8.63. The van der Waals surface area contributed by atoms with Crippen LogP contribution in [0.1, 0.15) is 26.4 Å². The molecule has 0 saturated carbocycles. The summed E-state index contributed by atoms with van der Waals surface area (Å²) in [6, 6.07) is 13.9. The lowest BCUT2D eigenvalue weighted by Gasteiger charge is -2.34. The van der Waals surface area contributed by atoms with Gasteiger partial charge in [0.05, 0.1) is 12.1 Å². The molecule has 5 rings (SSSR count). The zero-order chi connectivity index (χ0) is 22.6. The molecule has 2 aliphatic rings. The number of hydrogen-bond acceptors (Lipinski definition) is 5. The van der Waals surface area contributed by atoms with Gasteiger partial charge in [-0.1, -0.05) is 30.3 Å². The average molecular weight is 481 g/mol. The van der Waals surface area contributed by atoms with Gasteiger partial charge in [-0.25, -0.2) is 0 Å². The van der Waals surface area contributed by atoms with Crippen molar-refractivity contribution in [1.29, 1.82) is 0 Å². The molecular formula is C25H28N4O2S2. The Hall–Kier alpha value is -2.55. The molecule has 1 fully saturated rings. The molecule has 0 unspecified atom stereocenters. The van der Waals surface area contributed by atoms with E-state index in [9.17, 15) is 9.59 Å². The molecule has 0 radical (unpaired) electrons. The second-order valence-corrected chi connectivity index (χ2v) is 10.6. The lowest BCUT2D eigenvalue weighted by atomic mass is 10.1. The number of aromatic nitrogens is 1. The van der Waals surface area contributed by atoms with E-state index >= 15 is 0 Å². The highest BCUT2D eigenvalue weighted by molar-refractivity contribution is 7.98. The van der Waals surface area contributed by atoms with Crippen molar-refractivity contribution in [2.24, 2.45) is 0 Å². The molecule has 0 atom stereocenters. The third-order valence-electron chi connectivity index (χ3n) is 6.21. The van der Waals surface area contributed by atoms with Gasteiger partial charge in [0.2, 0.25) is 5.91 Å². The van der Waals surface area contributed by atoms with Crippen LogP contribution in [-0.4, -0.2) is 64.7 Å². The number of fused-ring (bicyclic) bond motifs is 1. The summed E-state index contributed by atoms with van der Waals surface area (Å²) >= 11 is 3.70. The predicted molar refractivity (Wildman–Crippen MR) is 134 cm³/mol. The van der Waals surface area contributed by atoms with Crippen molar-refractivity contribution < 1.29 is 9.59 Å². The van der Waals surface area contributed by atoms with E-state index in [-0.39, 0.29) is 11.8 Å². The van der Waals surface area contributed by atoms with E-state index in [4.69, 9.17) is 0 Å². The van der Waals surface area contributed by atoms with Crippen LogP contribution in [0.4, 0.5) is 0 Å². The molecule has 2 amide bonds. The summed E-state index contributed by atoms with van der Waals surface area (Å²) in [4.78, 5) is 31.5. The second kappa shape index (κ2) is 10.2. The number of thiophene rings is 1. The quantitative estimate of drug-likeness (QED) is 0.588. The van der Waals surface area contributed by atoms with Crippen LogP contribution >= 0.6 is 23.1 Å². The second-order valence-electron chi connectivity index (χ2n) is 8.41. The molecule has 1 aromatic carbocycles. The van der Waals surface area contributed by atoms with E-state index in [1.807, 2.05) is 71.5 Å². The first-order chi connectivity index (χ1) is 16.2. The fraction of sp³-hybridized carbons (Fsp3) is 0.360. The number of piperazine rings is 1. The zero-order valence-electron chi connectivity index (χ0n) is 18.5. The van der Waals surface area contributed by atoms with Crippen molar-refractivity contribution in [3.05, 3.63) is 76.4 Å². The fourth-order valence-corrected chi connectivity index (χ4v) is 6.85. The summed E-state index contributed by atoms with van der Waals surface area (Å²) in [6.07, 6.45) is 5.00. The first-order valence-corrected chi connectivity index (χ1v) is 13.3. The molecule has 0 aliphatic carbocycles. The van der Waals surface area contributed by atoms with E-state index in [1.54, 1.807) is 11.3 Å². The van der Waals surface area contributed by atoms with Gasteiger partial charge < -0.3 is 14.8 Å². The number of hydrogen-bond donors (Lipinski definition) is 1. The first-order valence-electron chi connectivity index (χ1n) is 11.4. The number of nitrogens with one attached hydrogen (secondary N) is 1. The molecule has 6 nitrogen and oxygen atoms in total. The average Bonchev–Trinajstić information content (AvgIpc) is 3.51. The fourth-order valence-electron chi connectivity index (χ4n) is 4.41. The van der Waals surface area contributed by atoms with Gasteiger partial charge in [0, 0.05) is 55.7 Å². The number of nitrogens with zero attached hydrogens (tertiary/aromatic N) is 3. The van der Waals surface area contributed by atoms with Gasteiger partial charge >= 0.3 is 0 Å². The maximum Gasteiger partial charge on any atom is 0.257 e. The summed E-state index contributed by atoms with van der Waals surface area (Å²) in [5, 5.41) is 4.04. The van der Waals surface area contributed by atoms with Gasteiger partial charge in [0.15, 0.2) is 0 Å². The van der Waals surface area contributed by atoms with Gasteiger partial charge in [-0.3, -0.25) is 14.5 Å². The van der Waals surface area contributed by atoms with Gasteiger partial charge in [0.25, 0.3) is 5.91 Å². The lowest BCUT2D eigenvalue weighted by Crippen LogP contribution is -2.51. The number of rotatable bonds is 6. The van der Waals surface area contributed by atoms with Crippen molar-refractivity contribution in [1.82, 2.24) is 19.7 Å². The molecule has 172 valence electrons. The topological polar surface area (TPSA) is 57.6 Å². The Morgan fingerprint density at radius 3 is 2.48 bits per heavy atom. The summed E-state index contributed by atoms with van der Waals surface area (Å²) in [5.74, 6) is 2.23. The highest BCUT2D eigenvalue weighted by atomic mass is 32.2. The lowest BCUT2D eigenvalue weighted by molar-refractivity contribution is -0.122. The summed E-state index contributed by atoms with van der Waals surface area (Å²) < 4.78 is 2.08. The summed E-state index contributed by atoms with van der Waals surface area (Å²) in [6.45, 7) is 3.64. The Morgan fingerprint density at radius 1 is 0.970 bits per heavy atom. The van der Waals surface area contributed by atoms with Crippen LogP contribution in [0.15, 0.2) is 54.9 Å². The standard InChI is InChI=1S/C25H28N4O2S2/c30-22(26-16-19-6-2-1-3-7-19)17-27-11-13-28(14-12-27)24(31)23-20-8-15-32-18-21(20)33-25(23)29-9-4-5-10-29/h1-7,9-10H,8,11-18H2,(H,26,30). The van der Waals surface area contributed by atoms with Crippen LogP contribution in [-0.2, 0) is 23.5 Å². The highest BCUT2D eigenvalue weighted by Crippen LogP contribution is 2.39. The Morgan fingerprint density at radius 2 is 1.73 bits per heavy atom. The molecule has 8 heteroatoms. The summed E-state index contributed by atoms with van der Waals surface area (Å²) in [5.41, 5.74) is 3.23. The van der Waals surface area contributed by atoms with Crippen LogP contribution in [0.25, 0.3) is 5.00 Å². The number of carbonyl (C=O) groups excluding carboxylic acids is 2. The largest absolute Gasteiger partial charge is 0.351 e. The highest BCUT2D eigenvalue weighted by Gasteiger charge is 2.31. The molecule has 1 saturated heterocycles. The maximum absolute atomic E-state index is 13.7. The molecule has 0 spiro atoms. The van der Waals surface area contributed by atoms with E-state index in [0.29, 0.717) is 39.3 Å².